The number of nitrogens with two attached hydrogens (primary N) is 1. The summed E-state index contributed by atoms with van der Waals surface area (Å²) in [6.45, 7) is 2.47. The average molecular weight is 433 g/mol. The molecule has 0 atom stereocenters. The van der Waals surface area contributed by atoms with Crippen molar-refractivity contribution >= 4 is 15.8 Å². The third-order valence-electron chi connectivity index (χ3n) is 3.96. The van der Waals surface area contributed by atoms with Crippen LogP contribution in [0, 0.1) is 0 Å². The molecule has 0 radical (unpaired) electrons. The van der Waals surface area contributed by atoms with Crippen molar-refractivity contribution in [2.75, 3.05) is 44.2 Å². The van der Waals surface area contributed by atoms with Gasteiger partial charge in [-0.2, -0.15) is 21.6 Å². The van der Waals surface area contributed by atoms with Gasteiger partial charge >= 0.3 is 6.18 Å². The van der Waals surface area contributed by atoms with E-state index in [0.29, 0.717) is 26.2 Å². The second-order valence-corrected chi connectivity index (χ2v) is 7.39. The first-order chi connectivity index (χ1) is 11.0. The summed E-state index contributed by atoms with van der Waals surface area (Å²) in [6, 6.07) is 3.79. The number of halogens is 3. The zero-order valence-corrected chi connectivity index (χ0v) is 17.5. The summed E-state index contributed by atoms with van der Waals surface area (Å²) in [6.07, 6.45) is -4.46. The van der Waals surface area contributed by atoms with Gasteiger partial charge in [0.1, 0.15) is 0 Å². The molecule has 1 aromatic carbocycles. The van der Waals surface area contributed by atoms with Crippen LogP contribution in [0.25, 0.3) is 0 Å². The molecule has 11 heteroatoms. The van der Waals surface area contributed by atoms with Crippen LogP contribution in [-0.2, 0) is 42.3 Å². The quantitative estimate of drug-likeness (QED) is 0.414. The van der Waals surface area contributed by atoms with Crippen molar-refractivity contribution in [3.05, 3.63) is 29.3 Å². The van der Waals surface area contributed by atoms with E-state index >= 15 is 0 Å². The summed E-state index contributed by atoms with van der Waals surface area (Å²) < 4.78 is 69.5. The molecule has 0 amide bonds. The molecule has 0 unspecified atom stereocenters. The molecule has 2 rings (SSSR count). The van der Waals surface area contributed by atoms with Gasteiger partial charge in [0.25, 0.3) is 10.1 Å². The maximum absolute atomic E-state index is 13.1. The zero-order chi connectivity index (χ0) is 18.0. The van der Waals surface area contributed by atoms with E-state index in [-0.39, 0.29) is 49.6 Å². The van der Waals surface area contributed by atoms with Crippen LogP contribution in [0.1, 0.15) is 11.1 Å². The average Bonchev–Trinajstić information content (AvgIpc) is 2.46. The number of piperazine rings is 1. The number of nitrogens with zero attached hydrogens (tertiary/aromatic N) is 2. The van der Waals surface area contributed by atoms with Crippen LogP contribution in [0.4, 0.5) is 18.9 Å². The molecule has 1 heterocycles. The van der Waals surface area contributed by atoms with E-state index < -0.39 is 21.9 Å². The van der Waals surface area contributed by atoms with Gasteiger partial charge in [0.05, 0.1) is 11.3 Å². The van der Waals surface area contributed by atoms with E-state index in [1.54, 1.807) is 0 Å². The van der Waals surface area contributed by atoms with Crippen LogP contribution in [0.5, 0.6) is 0 Å². The van der Waals surface area contributed by atoms with Crippen LogP contribution in [0.2, 0.25) is 0 Å². The molecule has 0 aromatic heterocycles. The van der Waals surface area contributed by atoms with Gasteiger partial charge in [-0.15, -0.1) is 0 Å². The Balaban J connectivity index is 0.00000312. The van der Waals surface area contributed by atoms with E-state index in [4.69, 9.17) is 10.3 Å². The summed E-state index contributed by atoms with van der Waals surface area (Å²) in [5.41, 5.74) is 4.97. The SMILES string of the molecule is Nc1ccc(CN2CCN(CCS(=O)(=O)O)CC2)c(C(F)(F)F)c1.[Zn]. The fourth-order valence-electron chi connectivity index (χ4n) is 2.65. The molecule has 1 aromatic rings. The van der Waals surface area contributed by atoms with E-state index in [2.05, 4.69) is 0 Å². The standard InChI is InChI=1S/C14H20F3N3O3S.Zn/c15-14(16,17)13-9-12(18)2-1-11(13)10-20-5-3-19(4-6-20)7-8-24(21,22)23;/h1-2,9H,3-8,10,18H2,(H,21,22,23);. The molecule has 0 aliphatic carbocycles. The summed E-state index contributed by atoms with van der Waals surface area (Å²) in [5, 5.41) is 0. The van der Waals surface area contributed by atoms with Gasteiger partial charge in [0.2, 0.25) is 0 Å². The van der Waals surface area contributed by atoms with Crippen molar-refractivity contribution in [3.63, 3.8) is 0 Å². The van der Waals surface area contributed by atoms with Gasteiger partial charge in [-0.25, -0.2) is 0 Å². The summed E-state index contributed by atoms with van der Waals surface area (Å²) in [7, 11) is -4.00. The zero-order valence-electron chi connectivity index (χ0n) is 13.7. The minimum atomic E-state index is -4.46. The first kappa shape index (κ1) is 22.3. The number of anilines is 1. The third kappa shape index (κ3) is 7.18. The first-order valence-electron chi connectivity index (χ1n) is 7.40. The van der Waals surface area contributed by atoms with E-state index in [0.717, 1.165) is 6.07 Å². The molecule has 0 bridgehead atoms. The molecule has 138 valence electrons. The van der Waals surface area contributed by atoms with Crippen LogP contribution in [0.3, 0.4) is 0 Å². The van der Waals surface area contributed by atoms with Crippen molar-refractivity contribution < 1.29 is 45.6 Å². The molecule has 0 spiro atoms. The largest absolute Gasteiger partial charge is 0.416 e. The Morgan fingerprint density at radius 3 is 2.20 bits per heavy atom. The predicted octanol–water partition coefficient (Wildman–Crippen LogP) is 1.29. The number of hydrogen-bond acceptors (Lipinski definition) is 5. The Morgan fingerprint density at radius 1 is 1.12 bits per heavy atom. The van der Waals surface area contributed by atoms with Crippen molar-refractivity contribution in [2.45, 2.75) is 12.7 Å². The fourth-order valence-corrected chi connectivity index (χ4v) is 3.14. The monoisotopic (exact) mass is 431 g/mol. The van der Waals surface area contributed by atoms with E-state index in [1.165, 1.54) is 12.1 Å². The molecular formula is C14H20F3N3O3SZn. The molecule has 3 N–H and O–H groups in total. The van der Waals surface area contributed by atoms with E-state index in [1.807, 2.05) is 9.80 Å². The second-order valence-electron chi connectivity index (χ2n) is 5.82. The Bertz CT molecular complexity index is 678. The molecular weight excluding hydrogens is 413 g/mol. The fraction of sp³-hybridized carbons (Fsp3) is 0.571. The maximum Gasteiger partial charge on any atom is 0.416 e. The molecule has 6 nitrogen and oxygen atoms in total. The number of rotatable bonds is 5. The third-order valence-corrected chi connectivity index (χ3v) is 4.66. The van der Waals surface area contributed by atoms with Gasteiger partial charge in [-0.3, -0.25) is 14.4 Å². The van der Waals surface area contributed by atoms with E-state index in [9.17, 15) is 21.6 Å². The Hall–Kier alpha value is -0.737. The Kier molecular flexibility index (Phi) is 7.82. The molecule has 0 saturated carbocycles. The summed E-state index contributed by atoms with van der Waals surface area (Å²) in [5.74, 6) is -0.344. The van der Waals surface area contributed by atoms with Gasteiger partial charge in [-0.05, 0) is 17.7 Å². The number of benzene rings is 1. The molecule has 1 saturated heterocycles. The molecule has 1 aliphatic rings. The second kappa shape index (κ2) is 8.77. The van der Waals surface area contributed by atoms with Crippen LogP contribution in [0.15, 0.2) is 18.2 Å². The number of hydrogen-bond donors (Lipinski definition) is 2. The van der Waals surface area contributed by atoms with Gasteiger partial charge in [-0.1, -0.05) is 6.07 Å². The van der Waals surface area contributed by atoms with Crippen molar-refractivity contribution in [2.24, 2.45) is 0 Å². The topological polar surface area (TPSA) is 86.9 Å². The van der Waals surface area contributed by atoms with Gasteiger partial charge in [0.15, 0.2) is 0 Å². The molecule has 1 aliphatic heterocycles. The first-order valence-corrected chi connectivity index (χ1v) is 9.01. The number of nitrogen functional groups attached to an aromatic ring is 1. The molecule has 25 heavy (non-hydrogen) atoms. The predicted molar refractivity (Wildman–Crippen MR) is 84.0 cm³/mol. The van der Waals surface area contributed by atoms with Crippen LogP contribution < -0.4 is 5.73 Å². The Morgan fingerprint density at radius 2 is 1.68 bits per heavy atom. The smallest absolute Gasteiger partial charge is 0.399 e. The maximum atomic E-state index is 13.1. The minimum absolute atomic E-state index is 0. The van der Waals surface area contributed by atoms with Crippen LogP contribution in [-0.4, -0.2) is 61.2 Å². The summed E-state index contributed by atoms with van der Waals surface area (Å²) in [4.78, 5) is 3.74. The minimum Gasteiger partial charge on any atom is -0.399 e. The van der Waals surface area contributed by atoms with Crippen molar-refractivity contribution in [1.29, 1.82) is 0 Å². The summed E-state index contributed by atoms with van der Waals surface area (Å²) >= 11 is 0. The van der Waals surface area contributed by atoms with Gasteiger partial charge < -0.3 is 5.73 Å². The van der Waals surface area contributed by atoms with Crippen LogP contribution >= 0.6 is 0 Å². The van der Waals surface area contributed by atoms with Gasteiger partial charge in [0, 0.05) is 64.4 Å². The number of alkyl halides is 3. The van der Waals surface area contributed by atoms with Crippen molar-refractivity contribution in [1.82, 2.24) is 9.80 Å². The molecule has 1 fully saturated rings. The van der Waals surface area contributed by atoms with Crippen molar-refractivity contribution in [3.8, 4) is 0 Å². The normalized spacial score (nSPS) is 17.3. The Labute approximate surface area is 157 Å².